The van der Waals surface area contributed by atoms with E-state index in [1.54, 1.807) is 30.4 Å². The molecule has 1 aliphatic rings. The van der Waals surface area contributed by atoms with Crippen molar-refractivity contribution >= 4 is 22.5 Å². The number of anilines is 1. The lowest BCUT2D eigenvalue weighted by molar-refractivity contribution is 0.207. The Bertz CT molecular complexity index is 707. The third-order valence-electron chi connectivity index (χ3n) is 4.41. The van der Waals surface area contributed by atoms with E-state index in [0.29, 0.717) is 18.3 Å². The quantitative estimate of drug-likeness (QED) is 0.776. The first kappa shape index (κ1) is 18.5. The molecule has 0 aliphatic heterocycles. The average molecular weight is 375 g/mol. The Balaban J connectivity index is 1.45. The number of fused-ring (bicyclic) bond motifs is 1. The summed E-state index contributed by atoms with van der Waals surface area (Å²) in [5.41, 5.74) is 1.16. The van der Waals surface area contributed by atoms with E-state index >= 15 is 0 Å². The van der Waals surface area contributed by atoms with Crippen LogP contribution in [0.5, 0.6) is 11.5 Å². The first-order chi connectivity index (χ1) is 12.7. The molecule has 1 aromatic heterocycles. The minimum absolute atomic E-state index is 0.160. The molecule has 0 atom stereocenters. The van der Waals surface area contributed by atoms with E-state index in [1.165, 1.54) is 24.1 Å². The first-order valence-corrected chi connectivity index (χ1v) is 9.75. The number of hydrogen-bond donors (Lipinski definition) is 1. The lowest BCUT2D eigenvalue weighted by atomic mass is 10.2. The van der Waals surface area contributed by atoms with Crippen molar-refractivity contribution in [3.63, 3.8) is 0 Å². The summed E-state index contributed by atoms with van der Waals surface area (Å²) in [5, 5.41) is 3.60. The SMILES string of the molecule is COc1ccc(OCCN(C)C(=O)Nc2nc3c(s2)CCCCC3)cc1. The molecule has 0 saturated heterocycles. The molecule has 0 radical (unpaired) electrons. The largest absolute Gasteiger partial charge is 0.497 e. The van der Waals surface area contributed by atoms with Gasteiger partial charge >= 0.3 is 6.03 Å². The van der Waals surface area contributed by atoms with Crippen molar-refractivity contribution in [2.75, 3.05) is 32.6 Å². The molecule has 140 valence electrons. The van der Waals surface area contributed by atoms with Crippen molar-refractivity contribution in [2.45, 2.75) is 32.1 Å². The monoisotopic (exact) mass is 375 g/mol. The number of carbonyl (C=O) groups is 1. The molecule has 26 heavy (non-hydrogen) atoms. The predicted molar refractivity (Wildman–Crippen MR) is 104 cm³/mol. The van der Waals surface area contributed by atoms with Crippen LogP contribution in [-0.2, 0) is 12.8 Å². The topological polar surface area (TPSA) is 63.7 Å². The second-order valence-corrected chi connectivity index (χ2v) is 7.41. The number of benzene rings is 1. The number of hydrogen-bond acceptors (Lipinski definition) is 5. The summed E-state index contributed by atoms with van der Waals surface area (Å²) in [6, 6.07) is 7.23. The Morgan fingerprint density at radius 1 is 1.19 bits per heavy atom. The third kappa shape index (κ3) is 4.88. The molecular weight excluding hydrogens is 350 g/mol. The fraction of sp³-hybridized carbons (Fsp3) is 0.474. The van der Waals surface area contributed by atoms with Gasteiger partial charge in [0.15, 0.2) is 5.13 Å². The zero-order valence-electron chi connectivity index (χ0n) is 15.3. The second-order valence-electron chi connectivity index (χ2n) is 6.33. The Hall–Kier alpha value is -2.28. The third-order valence-corrected chi connectivity index (χ3v) is 5.48. The van der Waals surface area contributed by atoms with Gasteiger partial charge in [0.1, 0.15) is 18.1 Å². The molecule has 6 nitrogen and oxygen atoms in total. The smallest absolute Gasteiger partial charge is 0.323 e. The second kappa shape index (κ2) is 8.89. The molecule has 1 aromatic carbocycles. The zero-order valence-corrected chi connectivity index (χ0v) is 16.1. The van der Waals surface area contributed by atoms with Crippen LogP contribution in [0.15, 0.2) is 24.3 Å². The van der Waals surface area contributed by atoms with Gasteiger partial charge in [0, 0.05) is 11.9 Å². The minimum Gasteiger partial charge on any atom is -0.497 e. The molecule has 1 aliphatic carbocycles. The molecule has 7 heteroatoms. The summed E-state index contributed by atoms with van der Waals surface area (Å²) >= 11 is 1.61. The van der Waals surface area contributed by atoms with Gasteiger partial charge in [-0.05, 0) is 49.9 Å². The number of nitrogens with zero attached hydrogens (tertiary/aromatic N) is 2. The van der Waals surface area contributed by atoms with Crippen molar-refractivity contribution in [2.24, 2.45) is 0 Å². The van der Waals surface area contributed by atoms with Gasteiger partial charge in [-0.2, -0.15) is 0 Å². The Kier molecular flexibility index (Phi) is 6.33. The van der Waals surface area contributed by atoms with Crippen LogP contribution < -0.4 is 14.8 Å². The Morgan fingerprint density at radius 2 is 1.92 bits per heavy atom. The highest BCUT2D eigenvalue weighted by molar-refractivity contribution is 7.15. The summed E-state index contributed by atoms with van der Waals surface area (Å²) in [6.45, 7) is 0.910. The van der Waals surface area contributed by atoms with Gasteiger partial charge in [0.2, 0.25) is 0 Å². The van der Waals surface area contributed by atoms with Crippen LogP contribution in [0.2, 0.25) is 0 Å². The van der Waals surface area contributed by atoms with Crippen LogP contribution >= 0.6 is 11.3 Å². The molecule has 0 spiro atoms. The van der Waals surface area contributed by atoms with Gasteiger partial charge < -0.3 is 14.4 Å². The molecule has 0 saturated carbocycles. The van der Waals surface area contributed by atoms with E-state index in [-0.39, 0.29) is 6.03 Å². The molecule has 2 aromatic rings. The molecule has 0 bridgehead atoms. The number of carbonyl (C=O) groups excluding carboxylic acids is 1. The summed E-state index contributed by atoms with van der Waals surface area (Å²) in [6.07, 6.45) is 5.77. The lowest BCUT2D eigenvalue weighted by Gasteiger charge is -2.17. The maximum Gasteiger partial charge on any atom is 0.323 e. The maximum absolute atomic E-state index is 12.3. The molecule has 3 rings (SSSR count). The van der Waals surface area contributed by atoms with Gasteiger partial charge in [0.05, 0.1) is 19.3 Å². The van der Waals surface area contributed by atoms with Crippen LogP contribution in [0.4, 0.5) is 9.93 Å². The van der Waals surface area contributed by atoms with Crippen molar-refractivity contribution in [3.05, 3.63) is 34.8 Å². The Morgan fingerprint density at radius 3 is 2.69 bits per heavy atom. The summed E-state index contributed by atoms with van der Waals surface area (Å²) in [5.74, 6) is 1.54. The van der Waals surface area contributed by atoms with Crippen LogP contribution in [0.25, 0.3) is 0 Å². The standard InChI is InChI=1S/C19H25N3O3S/c1-22(12-13-25-15-10-8-14(24-2)9-11-15)19(23)21-18-20-16-6-4-3-5-7-17(16)26-18/h8-11H,3-7,12-13H2,1-2H3,(H,20,21,23). The fourth-order valence-electron chi connectivity index (χ4n) is 2.84. The highest BCUT2D eigenvalue weighted by Crippen LogP contribution is 2.29. The molecule has 1 heterocycles. The number of thiazole rings is 1. The summed E-state index contributed by atoms with van der Waals surface area (Å²) in [4.78, 5) is 19.9. The molecule has 0 fully saturated rings. The number of likely N-dealkylation sites (N-methyl/N-ethyl adjacent to an activating group) is 1. The molecule has 0 unspecified atom stereocenters. The molecule has 1 N–H and O–H groups in total. The van der Waals surface area contributed by atoms with Crippen molar-refractivity contribution in [3.8, 4) is 11.5 Å². The van der Waals surface area contributed by atoms with E-state index in [2.05, 4.69) is 10.3 Å². The number of amides is 2. The molecule has 2 amide bonds. The fourth-order valence-corrected chi connectivity index (χ4v) is 3.88. The Labute approximate surface area is 158 Å². The zero-order chi connectivity index (χ0) is 18.4. The number of urea groups is 1. The van der Waals surface area contributed by atoms with Crippen LogP contribution in [0.3, 0.4) is 0 Å². The van der Waals surface area contributed by atoms with E-state index < -0.39 is 0 Å². The van der Waals surface area contributed by atoms with Gasteiger partial charge in [-0.15, -0.1) is 11.3 Å². The predicted octanol–water partition coefficient (Wildman–Crippen LogP) is 3.96. The number of methoxy groups -OCH3 is 1. The van der Waals surface area contributed by atoms with Gasteiger partial charge in [-0.25, -0.2) is 9.78 Å². The normalized spacial score (nSPS) is 13.5. The number of nitrogens with one attached hydrogen (secondary N) is 1. The minimum atomic E-state index is -0.160. The first-order valence-electron chi connectivity index (χ1n) is 8.93. The lowest BCUT2D eigenvalue weighted by Crippen LogP contribution is -2.34. The number of aromatic nitrogens is 1. The van der Waals surface area contributed by atoms with Crippen molar-refractivity contribution in [1.82, 2.24) is 9.88 Å². The van der Waals surface area contributed by atoms with Gasteiger partial charge in [-0.3, -0.25) is 5.32 Å². The van der Waals surface area contributed by atoms with E-state index in [4.69, 9.17) is 9.47 Å². The van der Waals surface area contributed by atoms with Crippen LogP contribution in [-0.4, -0.2) is 43.2 Å². The number of ether oxygens (including phenoxy) is 2. The van der Waals surface area contributed by atoms with Gasteiger partial charge in [-0.1, -0.05) is 6.42 Å². The van der Waals surface area contributed by atoms with Crippen LogP contribution in [0, 0.1) is 0 Å². The number of aryl methyl sites for hydroxylation is 2. The van der Waals surface area contributed by atoms with Crippen molar-refractivity contribution < 1.29 is 14.3 Å². The van der Waals surface area contributed by atoms with E-state index in [9.17, 15) is 4.79 Å². The van der Waals surface area contributed by atoms with E-state index in [1.807, 2.05) is 24.3 Å². The summed E-state index contributed by atoms with van der Waals surface area (Å²) in [7, 11) is 3.38. The number of rotatable bonds is 6. The van der Waals surface area contributed by atoms with Gasteiger partial charge in [0.25, 0.3) is 0 Å². The summed E-state index contributed by atoms with van der Waals surface area (Å²) < 4.78 is 10.8. The maximum atomic E-state index is 12.3. The van der Waals surface area contributed by atoms with E-state index in [0.717, 1.165) is 30.0 Å². The highest BCUT2D eigenvalue weighted by Gasteiger charge is 2.16. The van der Waals surface area contributed by atoms with Crippen molar-refractivity contribution in [1.29, 1.82) is 0 Å². The average Bonchev–Trinajstić information content (AvgIpc) is 2.90. The van der Waals surface area contributed by atoms with Crippen LogP contribution in [0.1, 0.15) is 29.8 Å². The molecular formula is C19H25N3O3S. The highest BCUT2D eigenvalue weighted by atomic mass is 32.1.